The largest absolute Gasteiger partial charge is 0.294 e. The van der Waals surface area contributed by atoms with E-state index in [1.165, 1.54) is 12.1 Å². The van der Waals surface area contributed by atoms with Crippen molar-refractivity contribution in [3.63, 3.8) is 0 Å². The lowest BCUT2D eigenvalue weighted by Gasteiger charge is -2.05. The Morgan fingerprint density at radius 2 is 1.79 bits per heavy atom. The molecule has 1 aromatic heterocycles. The molecule has 1 heterocycles. The van der Waals surface area contributed by atoms with Gasteiger partial charge in [0.1, 0.15) is 5.82 Å². The van der Waals surface area contributed by atoms with Gasteiger partial charge in [-0.3, -0.25) is 9.78 Å². The maximum Gasteiger partial charge on any atom is 0.167 e. The number of carbonyl (C=O) groups excluding carboxylic acids is 1. The number of hydrogen-bond donors (Lipinski definition) is 0. The Kier molecular flexibility index (Phi) is 4.10. The summed E-state index contributed by atoms with van der Waals surface area (Å²) in [7, 11) is 0. The fraction of sp³-hybridized carbons (Fsp3) is 0.200. The minimum absolute atomic E-state index is 0.0360. The van der Waals surface area contributed by atoms with Crippen molar-refractivity contribution in [2.75, 3.05) is 0 Å². The lowest BCUT2D eigenvalue weighted by molar-refractivity contribution is 0.0992. The molecule has 2 rings (SSSR count). The number of carbonyl (C=O) groups is 1. The van der Waals surface area contributed by atoms with Crippen LogP contribution in [-0.2, 0) is 6.42 Å². The number of aryl methyl sites for hydroxylation is 2. The first-order valence-corrected chi connectivity index (χ1v) is 6.67. The normalized spacial score (nSPS) is 10.5. The highest BCUT2D eigenvalue weighted by atomic mass is 79.9. The van der Waals surface area contributed by atoms with Crippen LogP contribution in [0.1, 0.15) is 27.3 Å². The van der Waals surface area contributed by atoms with E-state index in [0.29, 0.717) is 15.6 Å². The van der Waals surface area contributed by atoms with Gasteiger partial charge in [0.25, 0.3) is 0 Å². The number of Topliss-reactive ketones (excluding diaryl/α,β-unsaturated/α-hetero) is 1. The second kappa shape index (κ2) is 5.61. The Bertz CT molecular complexity index is 600. The van der Waals surface area contributed by atoms with Crippen LogP contribution in [0.4, 0.5) is 4.39 Å². The van der Waals surface area contributed by atoms with Crippen molar-refractivity contribution in [3.05, 3.63) is 63.1 Å². The Labute approximate surface area is 119 Å². The number of nitrogens with zero attached hydrogens (tertiary/aromatic N) is 1. The fourth-order valence-corrected chi connectivity index (χ4v) is 2.51. The van der Waals surface area contributed by atoms with E-state index < -0.39 is 0 Å². The first-order valence-electron chi connectivity index (χ1n) is 5.87. The van der Waals surface area contributed by atoms with E-state index in [-0.39, 0.29) is 18.0 Å². The number of hydrogen-bond acceptors (Lipinski definition) is 2. The van der Waals surface area contributed by atoms with Crippen molar-refractivity contribution in [3.8, 4) is 0 Å². The predicted molar refractivity (Wildman–Crippen MR) is 75.8 cm³/mol. The highest BCUT2D eigenvalue weighted by molar-refractivity contribution is 9.10. The highest BCUT2D eigenvalue weighted by Gasteiger charge is 2.10. The molecule has 0 amide bonds. The van der Waals surface area contributed by atoms with Crippen molar-refractivity contribution in [2.24, 2.45) is 0 Å². The molecule has 0 unspecified atom stereocenters. The van der Waals surface area contributed by atoms with E-state index in [2.05, 4.69) is 20.9 Å². The maximum absolute atomic E-state index is 13.3. The number of benzene rings is 1. The van der Waals surface area contributed by atoms with Gasteiger partial charge in [-0.2, -0.15) is 0 Å². The van der Waals surface area contributed by atoms with Crippen molar-refractivity contribution >= 4 is 21.7 Å². The van der Waals surface area contributed by atoms with Gasteiger partial charge in [0, 0.05) is 27.8 Å². The smallest absolute Gasteiger partial charge is 0.167 e. The molecule has 4 heteroatoms. The molecule has 1 aromatic carbocycles. The number of pyridine rings is 1. The molecule has 2 aromatic rings. The molecule has 2 nitrogen and oxygen atoms in total. The van der Waals surface area contributed by atoms with E-state index in [1.807, 2.05) is 13.8 Å². The van der Waals surface area contributed by atoms with Gasteiger partial charge in [0.15, 0.2) is 5.78 Å². The number of rotatable bonds is 3. The molecular formula is C15H13BrFNO. The zero-order chi connectivity index (χ0) is 14.0. The van der Waals surface area contributed by atoms with Crippen LogP contribution in [0.2, 0.25) is 0 Å². The molecule has 0 bridgehead atoms. The third-order valence-electron chi connectivity index (χ3n) is 2.69. The maximum atomic E-state index is 13.3. The number of halogens is 2. The van der Waals surface area contributed by atoms with Gasteiger partial charge in [-0.1, -0.05) is 15.9 Å². The summed E-state index contributed by atoms with van der Waals surface area (Å²) in [4.78, 5) is 16.4. The van der Waals surface area contributed by atoms with Crippen LogP contribution in [-0.4, -0.2) is 10.8 Å². The Balaban J connectivity index is 2.25. The molecule has 0 atom stereocenters. The van der Waals surface area contributed by atoms with E-state index >= 15 is 0 Å². The third-order valence-corrected chi connectivity index (χ3v) is 3.15. The van der Waals surface area contributed by atoms with Crippen LogP contribution >= 0.6 is 15.9 Å². The van der Waals surface area contributed by atoms with Gasteiger partial charge in [0.2, 0.25) is 0 Å². The summed E-state index contributed by atoms with van der Waals surface area (Å²) < 4.78 is 13.9. The summed E-state index contributed by atoms with van der Waals surface area (Å²) in [6.07, 6.45) is 0.180. The van der Waals surface area contributed by atoms with Crippen LogP contribution in [0, 0.1) is 19.7 Å². The Hall–Kier alpha value is -1.55. The van der Waals surface area contributed by atoms with Gasteiger partial charge in [-0.05, 0) is 49.7 Å². The minimum Gasteiger partial charge on any atom is -0.294 e. The van der Waals surface area contributed by atoms with Crippen LogP contribution < -0.4 is 0 Å². The fourth-order valence-electron chi connectivity index (χ4n) is 2.00. The monoisotopic (exact) mass is 321 g/mol. The molecular weight excluding hydrogens is 309 g/mol. The quantitative estimate of drug-likeness (QED) is 0.799. The SMILES string of the molecule is Cc1cc(C(=O)Cc2cc(F)cc(Br)c2)cc(C)n1. The number of aromatic nitrogens is 1. The summed E-state index contributed by atoms with van der Waals surface area (Å²) in [5.41, 5.74) is 2.89. The second-order valence-electron chi connectivity index (χ2n) is 4.52. The topological polar surface area (TPSA) is 30.0 Å². The van der Waals surface area contributed by atoms with Crippen molar-refractivity contribution in [1.29, 1.82) is 0 Å². The summed E-state index contributed by atoms with van der Waals surface area (Å²) in [6, 6.07) is 8.01. The van der Waals surface area contributed by atoms with Crippen molar-refractivity contribution in [2.45, 2.75) is 20.3 Å². The van der Waals surface area contributed by atoms with Crippen molar-refractivity contribution < 1.29 is 9.18 Å². The van der Waals surface area contributed by atoms with Gasteiger partial charge in [-0.25, -0.2) is 4.39 Å². The zero-order valence-corrected chi connectivity index (χ0v) is 12.3. The Morgan fingerprint density at radius 1 is 1.16 bits per heavy atom. The average molecular weight is 322 g/mol. The summed E-state index contributed by atoms with van der Waals surface area (Å²) >= 11 is 3.22. The molecule has 19 heavy (non-hydrogen) atoms. The molecule has 0 spiro atoms. The highest BCUT2D eigenvalue weighted by Crippen LogP contribution is 2.17. The van der Waals surface area contributed by atoms with Gasteiger partial charge in [0.05, 0.1) is 0 Å². The zero-order valence-electron chi connectivity index (χ0n) is 10.7. The van der Waals surface area contributed by atoms with Crippen molar-refractivity contribution in [1.82, 2.24) is 4.98 Å². The predicted octanol–water partition coefficient (Wildman–Crippen LogP) is 4.03. The molecule has 0 saturated heterocycles. The summed E-state index contributed by atoms with van der Waals surface area (Å²) in [5, 5.41) is 0. The molecule has 0 aliphatic carbocycles. The molecule has 0 fully saturated rings. The molecule has 0 aliphatic heterocycles. The summed E-state index contributed by atoms with van der Waals surface area (Å²) in [6.45, 7) is 3.70. The molecule has 0 saturated carbocycles. The van der Waals surface area contributed by atoms with Crippen LogP contribution in [0.5, 0.6) is 0 Å². The Morgan fingerprint density at radius 3 is 2.37 bits per heavy atom. The summed E-state index contributed by atoms with van der Waals surface area (Å²) in [5.74, 6) is -0.384. The van der Waals surface area contributed by atoms with Crippen LogP contribution in [0.3, 0.4) is 0 Å². The van der Waals surface area contributed by atoms with E-state index in [9.17, 15) is 9.18 Å². The molecule has 0 N–H and O–H groups in total. The van der Waals surface area contributed by atoms with Gasteiger partial charge < -0.3 is 0 Å². The standard InChI is InChI=1S/C15H13BrFNO/c1-9-3-12(4-10(2)18-9)15(19)7-11-5-13(16)8-14(17)6-11/h3-6,8H,7H2,1-2H3. The lowest BCUT2D eigenvalue weighted by atomic mass is 10.0. The molecule has 98 valence electrons. The minimum atomic E-state index is -0.348. The van der Waals surface area contributed by atoms with E-state index in [1.54, 1.807) is 18.2 Å². The van der Waals surface area contributed by atoms with Gasteiger partial charge in [-0.15, -0.1) is 0 Å². The lowest BCUT2D eigenvalue weighted by Crippen LogP contribution is -2.05. The average Bonchev–Trinajstić information content (AvgIpc) is 2.25. The van der Waals surface area contributed by atoms with E-state index in [4.69, 9.17) is 0 Å². The molecule has 0 radical (unpaired) electrons. The first-order chi connectivity index (χ1) is 8.94. The number of ketones is 1. The van der Waals surface area contributed by atoms with Crippen LogP contribution in [0.15, 0.2) is 34.8 Å². The van der Waals surface area contributed by atoms with Gasteiger partial charge >= 0.3 is 0 Å². The van der Waals surface area contributed by atoms with E-state index in [0.717, 1.165) is 11.4 Å². The van der Waals surface area contributed by atoms with Crippen LogP contribution in [0.25, 0.3) is 0 Å². The first kappa shape index (κ1) is 13.9. The molecule has 0 aliphatic rings. The second-order valence-corrected chi connectivity index (χ2v) is 5.43. The third kappa shape index (κ3) is 3.70.